The summed E-state index contributed by atoms with van der Waals surface area (Å²) in [6.07, 6.45) is 3.67. The third kappa shape index (κ3) is 5.59. The number of thioether (sulfide) groups is 1. The Hall–Kier alpha value is -3.29. The van der Waals surface area contributed by atoms with Gasteiger partial charge in [-0.15, -0.1) is 11.8 Å². The van der Waals surface area contributed by atoms with Crippen LogP contribution < -0.4 is 16.8 Å². The van der Waals surface area contributed by atoms with Crippen molar-refractivity contribution in [2.45, 2.75) is 74.7 Å². The zero-order valence-corrected chi connectivity index (χ0v) is 23.2. The fraction of sp³-hybridized carbons (Fsp3) is 0.355. The lowest BCUT2D eigenvalue weighted by atomic mass is 9.92. The number of rotatable bonds is 6. The number of hydrogen-bond acceptors (Lipinski definition) is 4. The molecule has 4 aromatic rings. The highest BCUT2D eigenvalue weighted by atomic mass is 32.2. The van der Waals surface area contributed by atoms with E-state index in [1.54, 1.807) is 0 Å². The van der Waals surface area contributed by atoms with Crippen molar-refractivity contribution >= 4 is 45.2 Å². The van der Waals surface area contributed by atoms with Crippen molar-refractivity contribution in [2.24, 2.45) is 11.5 Å². The van der Waals surface area contributed by atoms with Crippen molar-refractivity contribution in [3.8, 4) is 0 Å². The molecular formula is C31H37N5OS. The van der Waals surface area contributed by atoms with Gasteiger partial charge in [0, 0.05) is 44.7 Å². The lowest BCUT2D eigenvalue weighted by Crippen LogP contribution is -2.41. The second-order valence-electron chi connectivity index (χ2n) is 11.4. The van der Waals surface area contributed by atoms with Crippen LogP contribution in [-0.4, -0.2) is 33.1 Å². The minimum atomic E-state index is -0.0738. The summed E-state index contributed by atoms with van der Waals surface area (Å²) in [6, 6.07) is 20.9. The van der Waals surface area contributed by atoms with E-state index in [-0.39, 0.29) is 28.6 Å². The average molecular weight is 528 g/mol. The van der Waals surface area contributed by atoms with Crippen LogP contribution in [0, 0.1) is 5.41 Å². The lowest BCUT2D eigenvalue weighted by molar-refractivity contribution is 0.0917. The molecule has 0 aliphatic heterocycles. The molecule has 1 saturated carbocycles. The maximum Gasteiger partial charge on any atom is 0.268 e. The zero-order chi connectivity index (χ0) is 27.0. The second-order valence-corrected chi connectivity index (χ2v) is 13.2. The number of carbonyl (C=O) groups is 1. The molecule has 1 heterocycles. The second kappa shape index (κ2) is 10.5. The van der Waals surface area contributed by atoms with Gasteiger partial charge in [-0.1, -0.05) is 63.2 Å². The SMILES string of the molecule is CC(C)(C)Sc1cccc2c(Cn3c(C(=O)N[C@H]4CC[C@H](N)CC4)cc4ccc(C(=N)N)cc43)cccc12. The number of hydrogen-bond donors (Lipinski definition) is 4. The Bertz CT molecular complexity index is 1510. The Labute approximate surface area is 228 Å². The van der Waals surface area contributed by atoms with Crippen LogP contribution in [-0.2, 0) is 6.54 Å². The van der Waals surface area contributed by atoms with Crippen molar-refractivity contribution in [2.75, 3.05) is 0 Å². The molecule has 1 aliphatic carbocycles. The standard InChI is InChI=1S/C31H37N5OS/c1-31(2,3)38-28-9-5-7-24-21(6-4-8-25(24)28)18-36-26-17-20(29(33)34)11-10-19(26)16-27(36)30(37)35-23-14-12-22(32)13-15-23/h4-11,16-17,22-23H,12-15,18,32H2,1-3H3,(H3,33,34)(H,35,37)/t22-,23-. The molecule has 0 bridgehead atoms. The van der Waals surface area contributed by atoms with Gasteiger partial charge in [-0.3, -0.25) is 10.2 Å². The summed E-state index contributed by atoms with van der Waals surface area (Å²) in [5.74, 6) is -0.0616. The van der Waals surface area contributed by atoms with Crippen molar-refractivity contribution in [1.82, 2.24) is 9.88 Å². The fourth-order valence-electron chi connectivity index (χ4n) is 5.38. The molecule has 1 aliphatic rings. The number of amidine groups is 1. The number of nitrogens with one attached hydrogen (secondary N) is 2. The molecule has 0 spiro atoms. The topological polar surface area (TPSA) is 110 Å². The van der Waals surface area contributed by atoms with Gasteiger partial charge in [-0.25, -0.2) is 0 Å². The summed E-state index contributed by atoms with van der Waals surface area (Å²) >= 11 is 1.86. The molecule has 1 aromatic heterocycles. The van der Waals surface area contributed by atoms with Crippen LogP contribution in [0.2, 0.25) is 0 Å². The highest BCUT2D eigenvalue weighted by Gasteiger charge is 2.24. The number of nitrogen functional groups attached to an aromatic ring is 1. The quantitative estimate of drug-likeness (QED) is 0.140. The van der Waals surface area contributed by atoms with Gasteiger partial charge < -0.3 is 21.4 Å². The van der Waals surface area contributed by atoms with Crippen molar-refractivity contribution in [3.63, 3.8) is 0 Å². The maximum absolute atomic E-state index is 13.6. The minimum Gasteiger partial charge on any atom is -0.384 e. The summed E-state index contributed by atoms with van der Waals surface area (Å²) in [4.78, 5) is 14.9. The van der Waals surface area contributed by atoms with Gasteiger partial charge in [0.05, 0.1) is 0 Å². The number of carbonyl (C=O) groups excluding carboxylic acids is 1. The summed E-state index contributed by atoms with van der Waals surface area (Å²) in [5, 5.41) is 14.6. The zero-order valence-electron chi connectivity index (χ0n) is 22.4. The molecule has 1 amide bonds. The number of amides is 1. The van der Waals surface area contributed by atoms with Crippen molar-refractivity contribution in [3.05, 3.63) is 77.5 Å². The molecule has 0 saturated heterocycles. The Balaban J connectivity index is 1.58. The molecule has 0 atom stereocenters. The first-order valence-corrected chi connectivity index (χ1v) is 14.1. The van der Waals surface area contributed by atoms with E-state index in [1.165, 1.54) is 15.7 Å². The lowest BCUT2D eigenvalue weighted by Gasteiger charge is -2.27. The smallest absolute Gasteiger partial charge is 0.268 e. The minimum absolute atomic E-state index is 0.0122. The van der Waals surface area contributed by atoms with Crippen LogP contribution in [0.5, 0.6) is 0 Å². The fourth-order valence-corrected chi connectivity index (χ4v) is 6.47. The molecular weight excluding hydrogens is 490 g/mol. The van der Waals surface area contributed by atoms with Gasteiger partial charge in [0.15, 0.2) is 0 Å². The molecule has 5 rings (SSSR count). The number of nitrogens with zero attached hydrogens (tertiary/aromatic N) is 1. The predicted octanol–water partition coefficient (Wildman–Crippen LogP) is 6.02. The summed E-state index contributed by atoms with van der Waals surface area (Å²) in [6.45, 7) is 7.21. The first-order chi connectivity index (χ1) is 18.1. The molecule has 198 valence electrons. The average Bonchev–Trinajstić information content (AvgIpc) is 3.23. The Morgan fingerprint density at radius 3 is 2.45 bits per heavy atom. The molecule has 1 fully saturated rings. The van der Waals surface area contributed by atoms with Gasteiger partial charge in [-0.2, -0.15) is 0 Å². The summed E-state index contributed by atoms with van der Waals surface area (Å²) in [7, 11) is 0. The van der Waals surface area contributed by atoms with E-state index in [1.807, 2.05) is 36.0 Å². The molecule has 0 unspecified atom stereocenters. The van der Waals surface area contributed by atoms with Gasteiger partial charge >= 0.3 is 0 Å². The molecule has 0 radical (unpaired) electrons. The van der Waals surface area contributed by atoms with Crippen LogP contribution in [0.25, 0.3) is 21.7 Å². The Morgan fingerprint density at radius 2 is 1.74 bits per heavy atom. The normalized spacial score (nSPS) is 18.1. The van der Waals surface area contributed by atoms with Crippen LogP contribution in [0.4, 0.5) is 0 Å². The molecule has 6 nitrogen and oxygen atoms in total. The van der Waals surface area contributed by atoms with E-state index in [9.17, 15) is 4.79 Å². The Morgan fingerprint density at radius 1 is 1.03 bits per heavy atom. The van der Waals surface area contributed by atoms with Crippen molar-refractivity contribution in [1.29, 1.82) is 5.41 Å². The third-order valence-electron chi connectivity index (χ3n) is 7.27. The molecule has 3 aromatic carbocycles. The van der Waals surface area contributed by atoms with E-state index in [2.05, 4.69) is 67.1 Å². The number of aromatic nitrogens is 1. The maximum atomic E-state index is 13.6. The monoisotopic (exact) mass is 527 g/mol. The van der Waals surface area contributed by atoms with Crippen LogP contribution >= 0.6 is 11.8 Å². The van der Waals surface area contributed by atoms with E-state index >= 15 is 0 Å². The van der Waals surface area contributed by atoms with E-state index in [0.717, 1.165) is 42.1 Å². The molecule has 6 N–H and O–H groups in total. The van der Waals surface area contributed by atoms with Gasteiger partial charge in [0.25, 0.3) is 5.91 Å². The van der Waals surface area contributed by atoms with E-state index in [0.29, 0.717) is 17.8 Å². The molecule has 38 heavy (non-hydrogen) atoms. The Kier molecular flexibility index (Phi) is 7.25. The first-order valence-electron chi connectivity index (χ1n) is 13.3. The highest BCUT2D eigenvalue weighted by Crippen LogP contribution is 2.37. The first kappa shape index (κ1) is 26.3. The van der Waals surface area contributed by atoms with E-state index in [4.69, 9.17) is 16.9 Å². The van der Waals surface area contributed by atoms with Gasteiger partial charge in [0.1, 0.15) is 11.5 Å². The van der Waals surface area contributed by atoms with Gasteiger partial charge in [0.2, 0.25) is 0 Å². The summed E-state index contributed by atoms with van der Waals surface area (Å²) in [5.41, 5.74) is 15.2. The third-order valence-corrected chi connectivity index (χ3v) is 8.46. The number of fused-ring (bicyclic) bond motifs is 2. The van der Waals surface area contributed by atoms with Crippen LogP contribution in [0.15, 0.2) is 65.6 Å². The predicted molar refractivity (Wildman–Crippen MR) is 159 cm³/mol. The van der Waals surface area contributed by atoms with Crippen LogP contribution in [0.3, 0.4) is 0 Å². The summed E-state index contributed by atoms with van der Waals surface area (Å²) < 4.78 is 2.17. The van der Waals surface area contributed by atoms with E-state index < -0.39 is 0 Å². The molecule has 7 heteroatoms. The number of nitrogens with two attached hydrogens (primary N) is 2. The van der Waals surface area contributed by atoms with Crippen LogP contribution in [0.1, 0.15) is 68.1 Å². The van der Waals surface area contributed by atoms with Gasteiger partial charge in [-0.05, 0) is 60.2 Å². The van der Waals surface area contributed by atoms with Crippen molar-refractivity contribution < 1.29 is 4.79 Å². The largest absolute Gasteiger partial charge is 0.384 e. The number of benzene rings is 3. The highest BCUT2D eigenvalue weighted by molar-refractivity contribution is 8.00.